The van der Waals surface area contributed by atoms with Gasteiger partial charge in [-0.25, -0.2) is 9.78 Å². The Balaban J connectivity index is 1.61. The van der Waals surface area contributed by atoms with Crippen LogP contribution in [0.15, 0.2) is 42.5 Å². The Hall–Kier alpha value is -3.35. The van der Waals surface area contributed by atoms with E-state index in [0.29, 0.717) is 6.42 Å². The third-order valence-corrected chi connectivity index (χ3v) is 7.40. The number of aryl methyl sites for hydroxylation is 1. The van der Waals surface area contributed by atoms with Crippen LogP contribution in [0.4, 0.5) is 10.5 Å². The van der Waals surface area contributed by atoms with Gasteiger partial charge in [-0.15, -0.1) is 0 Å². The molecule has 2 heterocycles. The molecule has 2 aromatic carbocycles. The molecule has 0 saturated heterocycles. The molecule has 2 aliphatic rings. The molecular formula is C26H30N4O3. The number of benzene rings is 2. The molecule has 0 spiro atoms. The van der Waals surface area contributed by atoms with E-state index in [9.17, 15) is 14.7 Å². The summed E-state index contributed by atoms with van der Waals surface area (Å²) in [5.41, 5.74) is 10.5. The summed E-state index contributed by atoms with van der Waals surface area (Å²) in [6.07, 6.45) is 4.73. The average molecular weight is 447 g/mol. The fourth-order valence-corrected chi connectivity index (χ4v) is 5.67. The predicted molar refractivity (Wildman–Crippen MR) is 127 cm³/mol. The van der Waals surface area contributed by atoms with E-state index < -0.39 is 6.09 Å². The van der Waals surface area contributed by atoms with Gasteiger partial charge in [-0.1, -0.05) is 30.3 Å². The SMILES string of the molecule is C[C@H]1CCc2c(ccc3c2nc(Cc2ccccc2)n3[C@H]2CC[C@H](C(N)=O)CC2)N1C(=O)O. The number of aromatic nitrogens is 2. The first-order valence-electron chi connectivity index (χ1n) is 11.8. The van der Waals surface area contributed by atoms with Gasteiger partial charge in [0.25, 0.3) is 0 Å². The number of hydrogen-bond donors (Lipinski definition) is 2. The van der Waals surface area contributed by atoms with Gasteiger partial charge in [-0.05, 0) is 63.1 Å². The van der Waals surface area contributed by atoms with Crippen LogP contribution in [0, 0.1) is 5.92 Å². The summed E-state index contributed by atoms with van der Waals surface area (Å²) in [5.74, 6) is 0.741. The van der Waals surface area contributed by atoms with E-state index in [4.69, 9.17) is 10.7 Å². The first-order chi connectivity index (χ1) is 15.9. The molecule has 0 unspecified atom stereocenters. The number of carbonyl (C=O) groups is 2. The summed E-state index contributed by atoms with van der Waals surface area (Å²) in [6.45, 7) is 1.96. The van der Waals surface area contributed by atoms with E-state index in [2.05, 4.69) is 16.7 Å². The molecule has 1 fully saturated rings. The molecule has 3 aromatic rings. The van der Waals surface area contributed by atoms with Crippen molar-refractivity contribution in [3.05, 3.63) is 59.4 Å². The number of primary amides is 1. The largest absolute Gasteiger partial charge is 0.465 e. The van der Waals surface area contributed by atoms with Gasteiger partial charge in [0, 0.05) is 30.0 Å². The van der Waals surface area contributed by atoms with Crippen LogP contribution in [0.2, 0.25) is 0 Å². The monoisotopic (exact) mass is 446 g/mol. The highest BCUT2D eigenvalue weighted by Crippen LogP contribution is 2.40. The summed E-state index contributed by atoms with van der Waals surface area (Å²) < 4.78 is 2.35. The van der Waals surface area contributed by atoms with Crippen molar-refractivity contribution in [2.24, 2.45) is 11.7 Å². The highest BCUT2D eigenvalue weighted by Gasteiger charge is 2.32. The third-order valence-electron chi connectivity index (χ3n) is 7.40. The van der Waals surface area contributed by atoms with Crippen LogP contribution < -0.4 is 10.6 Å². The quantitative estimate of drug-likeness (QED) is 0.608. The molecule has 1 saturated carbocycles. The Kier molecular flexibility index (Phi) is 5.56. The number of amides is 2. The zero-order valence-corrected chi connectivity index (χ0v) is 18.9. The predicted octanol–water partition coefficient (Wildman–Crippen LogP) is 4.66. The highest BCUT2D eigenvalue weighted by molar-refractivity contribution is 5.94. The van der Waals surface area contributed by atoms with Crippen molar-refractivity contribution in [3.63, 3.8) is 0 Å². The zero-order valence-electron chi connectivity index (χ0n) is 18.9. The number of imidazole rings is 1. The number of nitrogens with two attached hydrogens (primary N) is 1. The van der Waals surface area contributed by atoms with Crippen LogP contribution in [0.1, 0.15) is 62.0 Å². The molecule has 1 atom stereocenters. The summed E-state index contributed by atoms with van der Waals surface area (Å²) in [6, 6.07) is 14.5. The number of nitrogens with zero attached hydrogens (tertiary/aromatic N) is 3. The highest BCUT2D eigenvalue weighted by atomic mass is 16.4. The van der Waals surface area contributed by atoms with Gasteiger partial charge in [-0.2, -0.15) is 0 Å². The smallest absolute Gasteiger partial charge is 0.412 e. The van der Waals surface area contributed by atoms with Crippen LogP contribution >= 0.6 is 0 Å². The summed E-state index contributed by atoms with van der Waals surface area (Å²) in [4.78, 5) is 30.3. The van der Waals surface area contributed by atoms with Crippen LogP contribution in [-0.4, -0.2) is 32.7 Å². The Labute approximate surface area is 193 Å². The molecule has 0 bridgehead atoms. The van der Waals surface area contributed by atoms with E-state index in [0.717, 1.165) is 66.6 Å². The minimum Gasteiger partial charge on any atom is -0.465 e. The lowest BCUT2D eigenvalue weighted by Gasteiger charge is -2.33. The van der Waals surface area contributed by atoms with E-state index in [1.807, 2.05) is 37.3 Å². The van der Waals surface area contributed by atoms with Gasteiger partial charge >= 0.3 is 6.09 Å². The molecule has 0 radical (unpaired) electrons. The zero-order chi connectivity index (χ0) is 23.1. The van der Waals surface area contributed by atoms with Gasteiger partial charge in [0.2, 0.25) is 5.91 Å². The lowest BCUT2D eigenvalue weighted by atomic mass is 9.85. The first-order valence-corrected chi connectivity index (χ1v) is 11.8. The van der Waals surface area contributed by atoms with Crippen molar-refractivity contribution in [2.75, 3.05) is 4.90 Å². The maximum atomic E-state index is 12.0. The maximum absolute atomic E-state index is 12.0. The number of hydrogen-bond acceptors (Lipinski definition) is 3. The fraction of sp³-hybridized carbons (Fsp3) is 0.423. The molecule has 172 valence electrons. The Bertz CT molecular complexity index is 1200. The second-order valence-corrected chi connectivity index (χ2v) is 9.44. The summed E-state index contributed by atoms with van der Waals surface area (Å²) in [5, 5.41) is 9.82. The maximum Gasteiger partial charge on any atom is 0.412 e. The van der Waals surface area contributed by atoms with Crippen molar-refractivity contribution in [3.8, 4) is 0 Å². The van der Waals surface area contributed by atoms with Crippen LogP contribution in [0.5, 0.6) is 0 Å². The molecule has 3 N–H and O–H groups in total. The second-order valence-electron chi connectivity index (χ2n) is 9.44. The minimum atomic E-state index is -0.920. The summed E-state index contributed by atoms with van der Waals surface area (Å²) in [7, 11) is 0. The number of carbonyl (C=O) groups excluding carboxylic acids is 1. The normalized spacial score (nSPS) is 22.8. The molecule has 1 aromatic heterocycles. The Morgan fingerprint density at radius 1 is 1.06 bits per heavy atom. The van der Waals surface area contributed by atoms with Crippen molar-refractivity contribution in [1.29, 1.82) is 0 Å². The van der Waals surface area contributed by atoms with E-state index in [-0.39, 0.29) is 23.9 Å². The average Bonchev–Trinajstić information content (AvgIpc) is 3.17. The first kappa shape index (κ1) is 21.5. The topological polar surface area (TPSA) is 101 Å². The van der Waals surface area contributed by atoms with Crippen molar-refractivity contribution >= 4 is 28.7 Å². The second kappa shape index (κ2) is 8.54. The molecule has 5 rings (SSSR count). The van der Waals surface area contributed by atoms with E-state index in [1.165, 1.54) is 10.5 Å². The molecule has 2 amide bonds. The molecule has 33 heavy (non-hydrogen) atoms. The summed E-state index contributed by atoms with van der Waals surface area (Å²) >= 11 is 0. The number of rotatable bonds is 4. The van der Waals surface area contributed by atoms with E-state index >= 15 is 0 Å². The van der Waals surface area contributed by atoms with Crippen LogP contribution in [-0.2, 0) is 17.6 Å². The number of anilines is 1. The number of fused-ring (bicyclic) bond motifs is 3. The molecular weight excluding hydrogens is 416 g/mol. The Morgan fingerprint density at radius 3 is 2.45 bits per heavy atom. The van der Waals surface area contributed by atoms with Gasteiger partial charge in [-0.3, -0.25) is 9.69 Å². The standard InChI is InChI=1S/C26H30N4O3/c1-16-7-12-20-21(29(16)26(32)33)13-14-22-24(20)28-23(15-17-5-3-2-4-6-17)30(22)19-10-8-18(9-11-19)25(27)31/h2-6,13-14,16,18-19H,7-12,15H2,1H3,(H2,27,31)(H,32,33)/t16-,18-,19-/m0/s1. The van der Waals surface area contributed by atoms with Crippen molar-refractivity contribution < 1.29 is 14.7 Å². The van der Waals surface area contributed by atoms with Crippen LogP contribution in [0.25, 0.3) is 11.0 Å². The van der Waals surface area contributed by atoms with Crippen molar-refractivity contribution in [1.82, 2.24) is 9.55 Å². The molecule has 7 heteroatoms. The lowest BCUT2D eigenvalue weighted by Crippen LogP contribution is -2.41. The van der Waals surface area contributed by atoms with Gasteiger partial charge in [0.1, 0.15) is 5.82 Å². The molecule has 1 aliphatic heterocycles. The minimum absolute atomic E-state index is 0.0491. The Morgan fingerprint density at radius 2 is 1.79 bits per heavy atom. The lowest BCUT2D eigenvalue weighted by molar-refractivity contribution is -0.122. The molecule has 7 nitrogen and oxygen atoms in total. The van der Waals surface area contributed by atoms with Crippen molar-refractivity contribution in [2.45, 2.75) is 64.0 Å². The number of carboxylic acid groups (broad SMARTS) is 1. The van der Waals surface area contributed by atoms with E-state index in [1.54, 1.807) is 0 Å². The van der Waals surface area contributed by atoms with Gasteiger partial charge in [0.15, 0.2) is 0 Å². The van der Waals surface area contributed by atoms with Gasteiger partial charge in [0.05, 0.1) is 16.7 Å². The third kappa shape index (κ3) is 3.86. The van der Waals surface area contributed by atoms with Crippen LogP contribution in [0.3, 0.4) is 0 Å². The molecule has 1 aliphatic carbocycles. The fourth-order valence-electron chi connectivity index (χ4n) is 5.67. The van der Waals surface area contributed by atoms with Gasteiger partial charge < -0.3 is 15.4 Å².